The maximum Gasteiger partial charge on any atom is 0.160 e. The van der Waals surface area contributed by atoms with Gasteiger partial charge in [0, 0.05) is 22.1 Å². The normalized spacial score (nSPS) is 21.1. The van der Waals surface area contributed by atoms with Gasteiger partial charge in [0.15, 0.2) is 5.82 Å². The van der Waals surface area contributed by atoms with E-state index in [0.29, 0.717) is 11.8 Å². The highest BCUT2D eigenvalue weighted by molar-refractivity contribution is 6.08. The maximum absolute atomic E-state index is 5.34. The number of hydrogen-bond donors (Lipinski definition) is 0. The van der Waals surface area contributed by atoms with E-state index < -0.39 is 0 Å². The third kappa shape index (κ3) is 5.73. The smallest absolute Gasteiger partial charge is 0.160 e. The summed E-state index contributed by atoms with van der Waals surface area (Å²) >= 11 is 0. The first kappa shape index (κ1) is 37.9. The Labute approximate surface area is 386 Å². The minimum atomic E-state index is 0.0826. The van der Waals surface area contributed by atoms with Gasteiger partial charge >= 0.3 is 0 Å². The molecule has 10 aromatic rings. The molecule has 66 heavy (non-hydrogen) atoms. The van der Waals surface area contributed by atoms with Gasteiger partial charge in [-0.15, -0.1) is 0 Å². The molecule has 15 rings (SSSR count). The first-order valence-electron chi connectivity index (χ1n) is 24.1. The SMILES string of the molecule is c1ccc(-c2cccc(-c3cc(-c4ccc(-c5ccccc5-c5cccc6c5-c5cc7ccccc7cc5C65C6CC7CC(C6)CC5C7)c5ccccc45)nc(-c4ccccc4)n3)c2)cc1. The molecule has 0 aliphatic heterocycles. The second kappa shape index (κ2) is 14.8. The van der Waals surface area contributed by atoms with Crippen molar-refractivity contribution < 1.29 is 0 Å². The van der Waals surface area contributed by atoms with Crippen LogP contribution >= 0.6 is 0 Å². The zero-order valence-corrected chi connectivity index (χ0v) is 36.9. The molecular weight excluding hydrogens is 797 g/mol. The van der Waals surface area contributed by atoms with Crippen LogP contribution in [-0.2, 0) is 5.41 Å². The van der Waals surface area contributed by atoms with Crippen LogP contribution in [-0.4, -0.2) is 9.97 Å². The van der Waals surface area contributed by atoms with E-state index in [1.165, 1.54) is 92.6 Å². The Balaban J connectivity index is 0.944. The van der Waals surface area contributed by atoms with Crippen LogP contribution in [0.15, 0.2) is 206 Å². The molecule has 4 saturated carbocycles. The molecule has 0 saturated heterocycles. The van der Waals surface area contributed by atoms with Gasteiger partial charge in [-0.25, -0.2) is 9.97 Å². The molecule has 0 radical (unpaired) electrons. The quantitative estimate of drug-likeness (QED) is 0.167. The lowest BCUT2D eigenvalue weighted by Crippen LogP contribution is -2.55. The van der Waals surface area contributed by atoms with Crippen LogP contribution in [0, 0.1) is 23.7 Å². The molecule has 1 heterocycles. The van der Waals surface area contributed by atoms with Crippen molar-refractivity contribution in [3.05, 3.63) is 217 Å². The Bertz CT molecular complexity index is 3520. The first-order valence-corrected chi connectivity index (χ1v) is 24.1. The fourth-order valence-electron chi connectivity index (χ4n) is 13.8. The van der Waals surface area contributed by atoms with Crippen molar-refractivity contribution in [1.29, 1.82) is 0 Å². The zero-order valence-electron chi connectivity index (χ0n) is 36.9. The van der Waals surface area contributed by atoms with E-state index in [0.717, 1.165) is 51.3 Å². The second-order valence-corrected chi connectivity index (χ2v) is 19.7. The predicted molar refractivity (Wildman–Crippen MR) is 273 cm³/mol. The summed E-state index contributed by atoms with van der Waals surface area (Å²) in [7, 11) is 0. The van der Waals surface area contributed by atoms with Gasteiger partial charge in [0.25, 0.3) is 0 Å². The molecule has 1 spiro atoms. The molecule has 4 fully saturated rings. The van der Waals surface area contributed by atoms with Gasteiger partial charge in [-0.3, -0.25) is 0 Å². The fraction of sp³-hybridized carbons (Fsp3) is 0.156. The van der Waals surface area contributed by atoms with Gasteiger partial charge in [-0.2, -0.15) is 0 Å². The average Bonchev–Trinajstić information content (AvgIpc) is 3.66. The van der Waals surface area contributed by atoms with Crippen molar-refractivity contribution in [2.24, 2.45) is 23.7 Å². The molecule has 9 aromatic carbocycles. The van der Waals surface area contributed by atoms with Gasteiger partial charge in [-0.1, -0.05) is 182 Å². The maximum atomic E-state index is 5.34. The highest BCUT2D eigenvalue weighted by Gasteiger charge is 2.61. The summed E-state index contributed by atoms with van der Waals surface area (Å²) in [5.41, 5.74) is 18.7. The standard InChI is InChI=1S/C64H48N2/c1-3-15-42(16-4-1)44-21-13-22-47(36-44)60-39-61(66-63(65-60)43-17-5-2-6-18-43)55-30-29-54(50-23-9-11-25-52(50)55)51-24-10-12-26-53(51)56-27-14-28-58-62(56)57-37-45-19-7-8-20-46(45)38-59(57)64(58)48-32-40-31-41(34-48)35-49(64)33-40/h1-30,36-41,48-49H,31-35H2. The molecule has 5 aliphatic rings. The summed E-state index contributed by atoms with van der Waals surface area (Å²) in [6.07, 6.45) is 6.95. The zero-order chi connectivity index (χ0) is 43.3. The Hall–Kier alpha value is -7.42. The van der Waals surface area contributed by atoms with E-state index in [4.69, 9.17) is 9.97 Å². The number of aromatic nitrogens is 2. The summed E-state index contributed by atoms with van der Waals surface area (Å²) in [6.45, 7) is 0. The molecule has 0 unspecified atom stereocenters. The lowest BCUT2D eigenvalue weighted by Gasteiger charge is -2.61. The number of fused-ring (bicyclic) bond motifs is 5. The molecule has 0 atom stereocenters. The van der Waals surface area contributed by atoms with Crippen LogP contribution in [0.1, 0.15) is 43.2 Å². The van der Waals surface area contributed by atoms with E-state index in [-0.39, 0.29) is 5.41 Å². The van der Waals surface area contributed by atoms with Crippen molar-refractivity contribution in [3.8, 4) is 78.4 Å². The average molecular weight is 845 g/mol. The van der Waals surface area contributed by atoms with Crippen LogP contribution in [0.25, 0.3) is 100.0 Å². The van der Waals surface area contributed by atoms with Crippen LogP contribution in [0.5, 0.6) is 0 Å². The number of hydrogen-bond acceptors (Lipinski definition) is 2. The Morgan fingerprint density at radius 1 is 0.333 bits per heavy atom. The van der Waals surface area contributed by atoms with Gasteiger partial charge in [-0.05, 0) is 157 Å². The van der Waals surface area contributed by atoms with Crippen molar-refractivity contribution in [2.45, 2.75) is 37.5 Å². The molecular formula is C64H48N2. The molecule has 314 valence electrons. The van der Waals surface area contributed by atoms with Gasteiger partial charge in [0.05, 0.1) is 11.4 Å². The highest BCUT2D eigenvalue weighted by atomic mass is 14.9. The molecule has 4 bridgehead atoms. The molecule has 2 heteroatoms. The Kier molecular flexibility index (Phi) is 8.50. The summed E-state index contributed by atoms with van der Waals surface area (Å²) in [6, 6.07) is 76.2. The molecule has 0 N–H and O–H groups in total. The molecule has 5 aliphatic carbocycles. The van der Waals surface area contributed by atoms with E-state index in [2.05, 4.69) is 200 Å². The lowest BCUT2D eigenvalue weighted by molar-refractivity contribution is -0.0398. The van der Waals surface area contributed by atoms with Crippen molar-refractivity contribution in [2.75, 3.05) is 0 Å². The first-order chi connectivity index (χ1) is 32.7. The topological polar surface area (TPSA) is 25.8 Å². The summed E-state index contributed by atoms with van der Waals surface area (Å²) in [5.74, 6) is 3.92. The molecule has 0 amide bonds. The second-order valence-electron chi connectivity index (χ2n) is 19.7. The van der Waals surface area contributed by atoms with Gasteiger partial charge in [0.2, 0.25) is 0 Å². The van der Waals surface area contributed by atoms with E-state index in [9.17, 15) is 0 Å². The van der Waals surface area contributed by atoms with Gasteiger partial charge < -0.3 is 0 Å². The van der Waals surface area contributed by atoms with E-state index in [1.54, 1.807) is 11.1 Å². The lowest BCUT2D eigenvalue weighted by atomic mass is 9.43. The third-order valence-electron chi connectivity index (χ3n) is 16.3. The van der Waals surface area contributed by atoms with Crippen LogP contribution in [0.2, 0.25) is 0 Å². The Morgan fingerprint density at radius 3 is 1.62 bits per heavy atom. The van der Waals surface area contributed by atoms with Gasteiger partial charge in [0.1, 0.15) is 0 Å². The number of rotatable bonds is 6. The van der Waals surface area contributed by atoms with Crippen LogP contribution in [0.4, 0.5) is 0 Å². The third-order valence-corrected chi connectivity index (χ3v) is 16.3. The predicted octanol–water partition coefficient (Wildman–Crippen LogP) is 16.5. The monoisotopic (exact) mass is 844 g/mol. The number of benzene rings is 9. The number of nitrogens with zero attached hydrogens (tertiary/aromatic N) is 2. The van der Waals surface area contributed by atoms with Crippen LogP contribution < -0.4 is 0 Å². The van der Waals surface area contributed by atoms with E-state index >= 15 is 0 Å². The summed E-state index contributed by atoms with van der Waals surface area (Å²) in [4.78, 5) is 10.6. The van der Waals surface area contributed by atoms with Crippen molar-refractivity contribution in [3.63, 3.8) is 0 Å². The minimum Gasteiger partial charge on any atom is -0.228 e. The van der Waals surface area contributed by atoms with Crippen molar-refractivity contribution >= 4 is 21.5 Å². The summed E-state index contributed by atoms with van der Waals surface area (Å²) < 4.78 is 0. The fourth-order valence-corrected chi connectivity index (χ4v) is 13.8. The van der Waals surface area contributed by atoms with Crippen molar-refractivity contribution in [1.82, 2.24) is 9.97 Å². The van der Waals surface area contributed by atoms with E-state index in [1.807, 2.05) is 6.07 Å². The Morgan fingerprint density at radius 2 is 0.879 bits per heavy atom. The molecule has 1 aromatic heterocycles. The highest BCUT2D eigenvalue weighted by Crippen LogP contribution is 2.70. The largest absolute Gasteiger partial charge is 0.228 e. The minimum absolute atomic E-state index is 0.0826. The van der Waals surface area contributed by atoms with Crippen LogP contribution in [0.3, 0.4) is 0 Å². The molecule has 2 nitrogen and oxygen atoms in total. The summed E-state index contributed by atoms with van der Waals surface area (Å²) in [5, 5.41) is 5.10.